The molecule has 2 N–H and O–H groups in total. The quantitative estimate of drug-likeness (QED) is 0.592. The van der Waals surface area contributed by atoms with Gasteiger partial charge in [-0.2, -0.15) is 13.2 Å². The van der Waals surface area contributed by atoms with Crippen molar-refractivity contribution in [3.8, 4) is 0 Å². The van der Waals surface area contributed by atoms with Gasteiger partial charge in [0.1, 0.15) is 5.01 Å². The minimum Gasteiger partial charge on any atom is -0.352 e. The molecule has 4 nitrogen and oxygen atoms in total. The number of nitrogens with zero attached hydrogens (tertiary/aromatic N) is 2. The fraction of sp³-hybridized carbons (Fsp3) is 0.333. The van der Waals surface area contributed by atoms with Crippen molar-refractivity contribution in [3.63, 3.8) is 0 Å². The smallest absolute Gasteiger partial charge is 0.352 e. The first-order valence-corrected chi connectivity index (χ1v) is 8.57. The normalized spacial score (nSPS) is 12.5. The van der Waals surface area contributed by atoms with Crippen LogP contribution in [0, 0.1) is 0 Å². The third-order valence-corrected chi connectivity index (χ3v) is 5.00. The molecule has 2 rings (SSSR count). The summed E-state index contributed by atoms with van der Waals surface area (Å²) < 4.78 is 38.4. The van der Waals surface area contributed by atoms with Crippen molar-refractivity contribution >= 4 is 44.6 Å². The molecule has 10 heteroatoms. The SMILES string of the molecule is CN=C(NCc1ccc(Br)s1)NCc1nc(C(F)(F)F)cs1. The van der Waals surface area contributed by atoms with Gasteiger partial charge in [0.2, 0.25) is 0 Å². The third-order valence-electron chi connectivity index (χ3n) is 2.53. The Morgan fingerprint density at radius 1 is 1.32 bits per heavy atom. The van der Waals surface area contributed by atoms with E-state index in [2.05, 4.69) is 36.5 Å². The van der Waals surface area contributed by atoms with E-state index in [4.69, 9.17) is 0 Å². The van der Waals surface area contributed by atoms with Gasteiger partial charge in [-0.3, -0.25) is 4.99 Å². The van der Waals surface area contributed by atoms with Gasteiger partial charge in [0, 0.05) is 17.3 Å². The highest BCUT2D eigenvalue weighted by atomic mass is 79.9. The van der Waals surface area contributed by atoms with Crippen LogP contribution in [0.3, 0.4) is 0 Å². The minimum absolute atomic E-state index is 0.189. The molecule has 2 aromatic rings. The Balaban J connectivity index is 1.85. The number of alkyl halides is 3. The molecule has 0 bridgehead atoms. The van der Waals surface area contributed by atoms with E-state index in [-0.39, 0.29) is 6.54 Å². The van der Waals surface area contributed by atoms with Crippen molar-refractivity contribution in [3.05, 3.63) is 36.9 Å². The zero-order valence-electron chi connectivity index (χ0n) is 11.4. The summed E-state index contributed by atoms with van der Waals surface area (Å²) in [6.07, 6.45) is -4.40. The van der Waals surface area contributed by atoms with Crippen molar-refractivity contribution in [1.29, 1.82) is 0 Å². The number of aromatic nitrogens is 1. The topological polar surface area (TPSA) is 49.3 Å². The molecule has 0 amide bonds. The van der Waals surface area contributed by atoms with Gasteiger partial charge in [0.15, 0.2) is 11.7 Å². The molecule has 22 heavy (non-hydrogen) atoms. The first-order valence-electron chi connectivity index (χ1n) is 6.09. The summed E-state index contributed by atoms with van der Waals surface area (Å²) in [5.74, 6) is 0.508. The van der Waals surface area contributed by atoms with Gasteiger partial charge < -0.3 is 10.6 Å². The summed E-state index contributed by atoms with van der Waals surface area (Å²) >= 11 is 5.94. The van der Waals surface area contributed by atoms with Crippen LogP contribution in [0.15, 0.2) is 26.3 Å². The van der Waals surface area contributed by atoms with Crippen LogP contribution in [0.2, 0.25) is 0 Å². The summed E-state index contributed by atoms with van der Waals surface area (Å²) in [5.41, 5.74) is -0.860. The maximum absolute atomic E-state index is 12.5. The van der Waals surface area contributed by atoms with E-state index >= 15 is 0 Å². The maximum Gasteiger partial charge on any atom is 0.434 e. The number of hydrogen-bond donors (Lipinski definition) is 2. The number of guanidine groups is 1. The van der Waals surface area contributed by atoms with E-state index in [1.807, 2.05) is 12.1 Å². The molecule has 0 spiro atoms. The lowest BCUT2D eigenvalue weighted by molar-refractivity contribution is -0.140. The highest BCUT2D eigenvalue weighted by Gasteiger charge is 2.33. The first-order chi connectivity index (χ1) is 10.4. The van der Waals surface area contributed by atoms with Gasteiger partial charge in [-0.15, -0.1) is 22.7 Å². The zero-order chi connectivity index (χ0) is 16.2. The second-order valence-electron chi connectivity index (χ2n) is 4.11. The van der Waals surface area contributed by atoms with Gasteiger partial charge in [0.25, 0.3) is 0 Å². The van der Waals surface area contributed by atoms with Crippen molar-refractivity contribution in [2.24, 2.45) is 4.99 Å². The highest BCUT2D eigenvalue weighted by molar-refractivity contribution is 9.11. The van der Waals surface area contributed by atoms with Crippen LogP contribution < -0.4 is 10.6 Å². The molecule has 0 atom stereocenters. The lowest BCUT2D eigenvalue weighted by atomic mass is 10.4. The van der Waals surface area contributed by atoms with Crippen molar-refractivity contribution in [1.82, 2.24) is 15.6 Å². The molecule has 0 unspecified atom stereocenters. The Bertz CT molecular complexity index is 651. The Labute approximate surface area is 141 Å². The van der Waals surface area contributed by atoms with E-state index in [0.29, 0.717) is 17.5 Å². The van der Waals surface area contributed by atoms with E-state index in [1.165, 1.54) is 0 Å². The Morgan fingerprint density at radius 2 is 2.05 bits per heavy atom. The summed E-state index contributed by atoms with van der Waals surface area (Å²) in [7, 11) is 1.60. The molecule has 0 aliphatic rings. The van der Waals surface area contributed by atoms with Crippen LogP contribution >= 0.6 is 38.6 Å². The number of nitrogens with one attached hydrogen (secondary N) is 2. The first kappa shape index (κ1) is 17.2. The number of hydrogen-bond acceptors (Lipinski definition) is 4. The molecule has 0 aliphatic heterocycles. The molecule has 0 saturated heterocycles. The van der Waals surface area contributed by atoms with Gasteiger partial charge in [0.05, 0.1) is 16.9 Å². The lowest BCUT2D eigenvalue weighted by Gasteiger charge is -2.09. The number of thiophene rings is 1. The molecule has 0 radical (unpaired) electrons. The third kappa shape index (κ3) is 4.96. The van der Waals surface area contributed by atoms with Gasteiger partial charge in [-0.25, -0.2) is 4.98 Å². The number of aliphatic imine (C=N–C) groups is 1. The predicted molar refractivity (Wildman–Crippen MR) is 86.2 cm³/mol. The summed E-state index contributed by atoms with van der Waals surface area (Å²) in [5, 5.41) is 7.40. The molecule has 2 heterocycles. The zero-order valence-corrected chi connectivity index (χ0v) is 14.6. The van der Waals surface area contributed by atoms with Gasteiger partial charge in [-0.05, 0) is 28.1 Å². The molecular weight excluding hydrogens is 401 g/mol. The second-order valence-corrected chi connectivity index (χ2v) is 7.60. The van der Waals surface area contributed by atoms with Crippen LogP contribution in [-0.4, -0.2) is 18.0 Å². The molecule has 0 aromatic carbocycles. The molecule has 0 saturated carbocycles. The molecular formula is C12H12BrF3N4S2. The van der Waals surface area contributed by atoms with Gasteiger partial charge >= 0.3 is 6.18 Å². The average molecular weight is 413 g/mol. The van der Waals surface area contributed by atoms with Crippen molar-refractivity contribution in [2.75, 3.05) is 7.05 Å². The van der Waals surface area contributed by atoms with Crippen LogP contribution in [0.1, 0.15) is 15.6 Å². The number of thiazole rings is 1. The predicted octanol–water partition coefficient (Wildman–Crippen LogP) is 3.85. The molecule has 120 valence electrons. The Kier molecular flexibility index (Phi) is 5.81. The van der Waals surface area contributed by atoms with Crippen LogP contribution in [0.4, 0.5) is 13.2 Å². The fourth-order valence-electron chi connectivity index (χ4n) is 1.52. The van der Waals surface area contributed by atoms with E-state index in [0.717, 1.165) is 25.4 Å². The highest BCUT2D eigenvalue weighted by Crippen LogP contribution is 2.29. The Hall–Kier alpha value is -1.13. The van der Waals surface area contributed by atoms with E-state index in [9.17, 15) is 13.2 Å². The monoisotopic (exact) mass is 412 g/mol. The van der Waals surface area contributed by atoms with Crippen LogP contribution in [0.5, 0.6) is 0 Å². The Morgan fingerprint density at radius 3 is 2.59 bits per heavy atom. The van der Waals surface area contributed by atoms with E-state index < -0.39 is 11.9 Å². The maximum atomic E-state index is 12.5. The minimum atomic E-state index is -4.40. The van der Waals surface area contributed by atoms with Crippen molar-refractivity contribution in [2.45, 2.75) is 19.3 Å². The lowest BCUT2D eigenvalue weighted by Crippen LogP contribution is -2.36. The van der Waals surface area contributed by atoms with Crippen LogP contribution in [-0.2, 0) is 19.3 Å². The number of halogens is 4. The van der Waals surface area contributed by atoms with Crippen molar-refractivity contribution < 1.29 is 13.2 Å². The molecule has 2 aromatic heterocycles. The van der Waals surface area contributed by atoms with Crippen LogP contribution in [0.25, 0.3) is 0 Å². The summed E-state index contributed by atoms with van der Waals surface area (Å²) in [6.45, 7) is 0.774. The van der Waals surface area contributed by atoms with E-state index in [1.54, 1.807) is 18.4 Å². The van der Waals surface area contributed by atoms with Gasteiger partial charge in [-0.1, -0.05) is 0 Å². The molecule has 0 aliphatic carbocycles. The summed E-state index contributed by atoms with van der Waals surface area (Å²) in [6, 6.07) is 3.93. The second kappa shape index (κ2) is 7.42. The fourth-order valence-corrected chi connectivity index (χ4v) is 3.68. The number of rotatable bonds is 4. The average Bonchev–Trinajstić information content (AvgIpc) is 3.07. The molecule has 0 fully saturated rings. The largest absolute Gasteiger partial charge is 0.434 e. The standard InChI is InChI=1S/C12H12BrF3N4S2/c1-17-11(18-4-7-2-3-9(13)22-7)19-5-10-20-8(6-21-10)12(14,15)16/h2-3,6H,4-5H2,1H3,(H2,17,18,19). The summed E-state index contributed by atoms with van der Waals surface area (Å²) in [4.78, 5) is 8.69.